The van der Waals surface area contributed by atoms with Crippen molar-refractivity contribution in [1.29, 1.82) is 0 Å². The van der Waals surface area contributed by atoms with E-state index in [0.717, 1.165) is 31.9 Å². The van der Waals surface area contributed by atoms with Crippen LogP contribution >= 0.6 is 0 Å². The topological polar surface area (TPSA) is 39.7 Å². The second-order valence-electron chi connectivity index (χ2n) is 5.41. The smallest absolute Gasteiger partial charge is 0.119 e. The number of rotatable bonds is 3. The van der Waals surface area contributed by atoms with E-state index >= 15 is 0 Å². The van der Waals surface area contributed by atoms with Crippen molar-refractivity contribution >= 4 is 0 Å². The van der Waals surface area contributed by atoms with Crippen molar-refractivity contribution in [3.8, 4) is 5.75 Å². The van der Waals surface area contributed by atoms with Crippen LogP contribution in [0.3, 0.4) is 0 Å². The lowest BCUT2D eigenvalue weighted by Gasteiger charge is -2.28. The zero-order valence-corrected chi connectivity index (χ0v) is 11.5. The summed E-state index contributed by atoms with van der Waals surface area (Å²) in [7, 11) is 3.47. The third kappa shape index (κ3) is 2.24. The van der Waals surface area contributed by atoms with Gasteiger partial charge in [-0.3, -0.25) is 0 Å². The lowest BCUT2D eigenvalue weighted by atomic mass is 9.87. The maximum atomic E-state index is 6.12. The maximum absolute atomic E-state index is 6.12. The van der Waals surface area contributed by atoms with Gasteiger partial charge in [0.1, 0.15) is 11.4 Å². The minimum atomic E-state index is -0.150. The summed E-state index contributed by atoms with van der Waals surface area (Å²) in [5.41, 5.74) is 1.14. The first-order valence-corrected chi connectivity index (χ1v) is 6.79. The normalized spacial score (nSPS) is 34.0. The lowest BCUT2D eigenvalue weighted by Crippen LogP contribution is -2.42. The quantitative estimate of drug-likeness (QED) is 0.898. The van der Waals surface area contributed by atoms with Crippen LogP contribution in [-0.4, -0.2) is 45.6 Å². The van der Waals surface area contributed by atoms with E-state index in [-0.39, 0.29) is 11.7 Å². The first-order valence-electron chi connectivity index (χ1n) is 6.79. The van der Waals surface area contributed by atoms with Crippen LogP contribution in [0.4, 0.5) is 0 Å². The van der Waals surface area contributed by atoms with Gasteiger partial charge in [-0.05, 0) is 24.1 Å². The van der Waals surface area contributed by atoms with Gasteiger partial charge in [0.25, 0.3) is 0 Å². The van der Waals surface area contributed by atoms with Crippen molar-refractivity contribution in [1.82, 2.24) is 5.32 Å². The van der Waals surface area contributed by atoms with Crippen molar-refractivity contribution in [3.05, 3.63) is 29.8 Å². The van der Waals surface area contributed by atoms with Crippen LogP contribution in [0, 0.1) is 0 Å². The van der Waals surface area contributed by atoms with E-state index in [4.69, 9.17) is 14.2 Å². The Morgan fingerprint density at radius 2 is 2.26 bits per heavy atom. The first kappa shape index (κ1) is 12.9. The second kappa shape index (κ2) is 5.12. The number of hydrogen-bond donors (Lipinski definition) is 1. The molecule has 2 heterocycles. The molecule has 1 spiro atoms. The SMILES string of the molecule is COc1cccc([C@@H]2CO[C@@]3(CNC[C@H]3OC)C2)c1. The van der Waals surface area contributed by atoms with Gasteiger partial charge in [0.2, 0.25) is 0 Å². The molecule has 3 rings (SSSR count). The van der Waals surface area contributed by atoms with Crippen molar-refractivity contribution in [3.63, 3.8) is 0 Å². The maximum Gasteiger partial charge on any atom is 0.119 e. The van der Waals surface area contributed by atoms with Crippen LogP contribution in [-0.2, 0) is 9.47 Å². The predicted molar refractivity (Wildman–Crippen MR) is 72.7 cm³/mol. The van der Waals surface area contributed by atoms with E-state index in [2.05, 4.69) is 17.4 Å². The summed E-state index contributed by atoms with van der Waals surface area (Å²) in [6, 6.07) is 8.28. The Labute approximate surface area is 114 Å². The third-order valence-corrected chi connectivity index (χ3v) is 4.35. The summed E-state index contributed by atoms with van der Waals surface area (Å²) < 4.78 is 17.0. The molecule has 0 aromatic heterocycles. The Balaban J connectivity index is 1.78. The van der Waals surface area contributed by atoms with Gasteiger partial charge in [0, 0.05) is 26.1 Å². The molecule has 4 heteroatoms. The fourth-order valence-corrected chi connectivity index (χ4v) is 3.27. The average Bonchev–Trinajstić information content (AvgIpc) is 3.07. The van der Waals surface area contributed by atoms with Crippen LogP contribution in [0.1, 0.15) is 17.9 Å². The molecule has 2 aliphatic rings. The molecule has 19 heavy (non-hydrogen) atoms. The van der Waals surface area contributed by atoms with Crippen molar-refractivity contribution in [2.75, 3.05) is 33.9 Å². The Morgan fingerprint density at radius 3 is 3.05 bits per heavy atom. The Hall–Kier alpha value is -1.10. The summed E-state index contributed by atoms with van der Waals surface area (Å²) in [5.74, 6) is 1.33. The molecule has 104 valence electrons. The summed E-state index contributed by atoms with van der Waals surface area (Å²) in [6.07, 6.45) is 1.16. The molecule has 0 radical (unpaired) electrons. The van der Waals surface area contributed by atoms with Crippen molar-refractivity contribution in [2.45, 2.75) is 24.0 Å². The van der Waals surface area contributed by atoms with Gasteiger partial charge in [-0.1, -0.05) is 12.1 Å². The second-order valence-corrected chi connectivity index (χ2v) is 5.41. The molecular weight excluding hydrogens is 242 g/mol. The highest BCUT2D eigenvalue weighted by molar-refractivity contribution is 5.32. The zero-order valence-electron chi connectivity index (χ0n) is 11.5. The van der Waals surface area contributed by atoms with Crippen LogP contribution < -0.4 is 10.1 Å². The molecule has 1 aromatic rings. The summed E-state index contributed by atoms with van der Waals surface area (Å²) in [6.45, 7) is 2.52. The molecule has 2 aliphatic heterocycles. The molecule has 0 aliphatic carbocycles. The fraction of sp³-hybridized carbons (Fsp3) is 0.600. The molecule has 1 aromatic carbocycles. The number of hydrogen-bond acceptors (Lipinski definition) is 4. The molecule has 0 amide bonds. The lowest BCUT2D eigenvalue weighted by molar-refractivity contribution is -0.0750. The van der Waals surface area contributed by atoms with Gasteiger partial charge in [-0.2, -0.15) is 0 Å². The summed E-state index contributed by atoms with van der Waals surface area (Å²) >= 11 is 0. The highest BCUT2D eigenvalue weighted by Crippen LogP contribution is 2.41. The number of methoxy groups -OCH3 is 2. The van der Waals surface area contributed by atoms with E-state index in [1.807, 2.05) is 12.1 Å². The van der Waals surface area contributed by atoms with Gasteiger partial charge >= 0.3 is 0 Å². The highest BCUT2D eigenvalue weighted by Gasteiger charge is 2.50. The van der Waals surface area contributed by atoms with Gasteiger partial charge in [0.05, 0.1) is 19.8 Å². The van der Waals surface area contributed by atoms with Gasteiger partial charge in [-0.15, -0.1) is 0 Å². The van der Waals surface area contributed by atoms with E-state index in [0.29, 0.717) is 5.92 Å². The van der Waals surface area contributed by atoms with E-state index in [1.165, 1.54) is 5.56 Å². The molecule has 1 N–H and O–H groups in total. The van der Waals surface area contributed by atoms with E-state index in [1.54, 1.807) is 14.2 Å². The molecule has 3 atom stereocenters. The number of ether oxygens (including phenoxy) is 3. The van der Waals surface area contributed by atoms with Gasteiger partial charge in [0.15, 0.2) is 0 Å². The molecule has 0 unspecified atom stereocenters. The molecule has 2 saturated heterocycles. The predicted octanol–water partition coefficient (Wildman–Crippen LogP) is 1.56. The number of nitrogens with one attached hydrogen (secondary N) is 1. The first-order chi connectivity index (χ1) is 9.27. The van der Waals surface area contributed by atoms with Crippen molar-refractivity contribution in [2.24, 2.45) is 0 Å². The Bertz CT molecular complexity index is 451. The Morgan fingerprint density at radius 1 is 1.37 bits per heavy atom. The van der Waals surface area contributed by atoms with Gasteiger partial charge < -0.3 is 19.5 Å². The average molecular weight is 263 g/mol. The third-order valence-electron chi connectivity index (χ3n) is 4.35. The van der Waals surface area contributed by atoms with Crippen LogP contribution in [0.2, 0.25) is 0 Å². The highest BCUT2D eigenvalue weighted by atomic mass is 16.6. The summed E-state index contributed by atoms with van der Waals surface area (Å²) in [5, 5.41) is 3.38. The van der Waals surface area contributed by atoms with Crippen LogP contribution in [0.5, 0.6) is 5.75 Å². The monoisotopic (exact) mass is 263 g/mol. The van der Waals surface area contributed by atoms with Crippen molar-refractivity contribution < 1.29 is 14.2 Å². The van der Waals surface area contributed by atoms with Crippen LogP contribution in [0.15, 0.2) is 24.3 Å². The molecule has 2 fully saturated rings. The minimum Gasteiger partial charge on any atom is -0.497 e. The molecule has 4 nitrogen and oxygen atoms in total. The minimum absolute atomic E-state index is 0.150. The molecule has 0 bridgehead atoms. The van der Waals surface area contributed by atoms with Gasteiger partial charge in [-0.25, -0.2) is 0 Å². The fourth-order valence-electron chi connectivity index (χ4n) is 3.27. The summed E-state index contributed by atoms with van der Waals surface area (Å²) in [4.78, 5) is 0. The van der Waals surface area contributed by atoms with E-state index in [9.17, 15) is 0 Å². The molecule has 0 saturated carbocycles. The largest absolute Gasteiger partial charge is 0.497 e. The Kier molecular flexibility index (Phi) is 3.48. The van der Waals surface area contributed by atoms with E-state index < -0.39 is 0 Å². The van der Waals surface area contributed by atoms with Crippen LogP contribution in [0.25, 0.3) is 0 Å². The standard InChI is InChI=1S/C15H21NO3/c1-17-13-5-3-4-11(6-13)12-7-15(19-9-12)10-16-8-14(15)18-2/h3-6,12,14,16H,7-10H2,1-2H3/t12-,14+,15+/m0/s1. The zero-order chi connectivity index (χ0) is 13.3. The number of benzene rings is 1. The molecular formula is C15H21NO3.